The minimum atomic E-state index is -0.582. The smallest absolute Gasteiger partial charge is 0.257 e. The number of nitrogens with zero attached hydrogens (tertiary/aromatic N) is 2. The van der Waals surface area contributed by atoms with Crippen LogP contribution in [0.1, 0.15) is 22.5 Å². The van der Waals surface area contributed by atoms with Gasteiger partial charge in [-0.2, -0.15) is 0 Å². The van der Waals surface area contributed by atoms with Crippen LogP contribution in [0.5, 0.6) is 0 Å². The largest absolute Gasteiger partial charge is 0.391 e. The fourth-order valence-electron chi connectivity index (χ4n) is 1.80. The third-order valence-electron chi connectivity index (χ3n) is 2.89. The molecule has 1 atom stereocenters. The van der Waals surface area contributed by atoms with Crippen LogP contribution in [-0.4, -0.2) is 47.5 Å². The molecule has 108 valence electrons. The fourth-order valence-corrected chi connectivity index (χ4v) is 1.80. The zero-order chi connectivity index (χ0) is 14.5. The molecule has 1 unspecified atom stereocenters. The van der Waals surface area contributed by atoms with Gasteiger partial charge in [-0.05, 0) is 19.4 Å². The zero-order valence-corrected chi connectivity index (χ0v) is 11.4. The van der Waals surface area contributed by atoms with Gasteiger partial charge < -0.3 is 19.7 Å². The first kappa shape index (κ1) is 14.4. The predicted molar refractivity (Wildman–Crippen MR) is 71.4 cm³/mol. The van der Waals surface area contributed by atoms with Gasteiger partial charge in [0.2, 0.25) is 0 Å². The van der Waals surface area contributed by atoms with Crippen molar-refractivity contribution in [3.8, 4) is 0 Å². The molecule has 2 aromatic rings. The highest BCUT2D eigenvalue weighted by Crippen LogP contribution is 2.16. The third kappa shape index (κ3) is 3.31. The molecule has 2 heterocycles. The van der Waals surface area contributed by atoms with Crippen molar-refractivity contribution in [1.29, 1.82) is 0 Å². The first-order chi connectivity index (χ1) is 9.61. The van der Waals surface area contributed by atoms with Crippen molar-refractivity contribution in [2.24, 2.45) is 0 Å². The molecule has 20 heavy (non-hydrogen) atoms. The number of amides is 1. The van der Waals surface area contributed by atoms with E-state index in [0.29, 0.717) is 29.9 Å². The van der Waals surface area contributed by atoms with E-state index < -0.39 is 6.10 Å². The highest BCUT2D eigenvalue weighted by Gasteiger charge is 2.12. The van der Waals surface area contributed by atoms with Crippen LogP contribution in [0.4, 0.5) is 0 Å². The second-order valence-electron chi connectivity index (χ2n) is 4.50. The van der Waals surface area contributed by atoms with Crippen LogP contribution in [0.25, 0.3) is 11.1 Å². The van der Waals surface area contributed by atoms with Gasteiger partial charge >= 0.3 is 0 Å². The van der Waals surface area contributed by atoms with Gasteiger partial charge in [0.1, 0.15) is 0 Å². The van der Waals surface area contributed by atoms with Gasteiger partial charge in [-0.1, -0.05) is 5.16 Å². The summed E-state index contributed by atoms with van der Waals surface area (Å²) >= 11 is 0. The molecular weight excluding hydrogens is 262 g/mol. The van der Waals surface area contributed by atoms with Gasteiger partial charge in [-0.25, -0.2) is 4.98 Å². The molecule has 0 aliphatic heterocycles. The van der Waals surface area contributed by atoms with Gasteiger partial charge in [0.15, 0.2) is 0 Å². The summed E-state index contributed by atoms with van der Waals surface area (Å²) in [5.74, 6) is -0.246. The number of nitrogens with one attached hydrogen (secondary N) is 1. The number of aliphatic hydroxyl groups is 1. The van der Waals surface area contributed by atoms with Crippen molar-refractivity contribution in [3.63, 3.8) is 0 Å². The minimum Gasteiger partial charge on any atom is -0.391 e. The molecule has 7 heteroatoms. The number of aliphatic hydroxyl groups excluding tert-OH is 1. The number of ether oxygens (including phenoxy) is 1. The second-order valence-corrected chi connectivity index (χ2v) is 4.50. The van der Waals surface area contributed by atoms with Crippen LogP contribution >= 0.6 is 0 Å². The van der Waals surface area contributed by atoms with Gasteiger partial charge in [0.05, 0.1) is 29.4 Å². The number of methoxy groups -OCH3 is 1. The lowest BCUT2D eigenvalue weighted by Gasteiger charge is -2.10. The van der Waals surface area contributed by atoms with Crippen LogP contribution in [0, 0.1) is 6.92 Å². The molecule has 2 rings (SSSR count). The first-order valence-corrected chi connectivity index (χ1v) is 6.29. The van der Waals surface area contributed by atoms with E-state index in [1.807, 2.05) is 0 Å². The number of carbonyl (C=O) groups is 1. The zero-order valence-electron chi connectivity index (χ0n) is 11.4. The number of pyridine rings is 1. The van der Waals surface area contributed by atoms with E-state index in [9.17, 15) is 9.90 Å². The van der Waals surface area contributed by atoms with Crippen molar-refractivity contribution in [3.05, 3.63) is 23.5 Å². The van der Waals surface area contributed by atoms with E-state index >= 15 is 0 Å². The number of aryl methyl sites for hydroxylation is 1. The Labute approximate surface area is 115 Å². The molecule has 0 saturated heterocycles. The average Bonchev–Trinajstić information content (AvgIpc) is 2.80. The molecule has 0 aliphatic carbocycles. The summed E-state index contributed by atoms with van der Waals surface area (Å²) in [5.41, 5.74) is 1.54. The van der Waals surface area contributed by atoms with E-state index in [2.05, 4.69) is 15.5 Å². The van der Waals surface area contributed by atoms with E-state index in [-0.39, 0.29) is 12.5 Å². The molecule has 0 bridgehead atoms. The second kappa shape index (κ2) is 6.44. The Morgan fingerprint density at radius 2 is 2.40 bits per heavy atom. The number of carbonyl (C=O) groups excluding carboxylic acids is 1. The van der Waals surface area contributed by atoms with Gasteiger partial charge in [-0.15, -0.1) is 0 Å². The Morgan fingerprint density at radius 1 is 1.60 bits per heavy atom. The molecule has 0 fully saturated rings. The number of hydrogen-bond acceptors (Lipinski definition) is 6. The lowest BCUT2D eigenvalue weighted by atomic mass is 10.2. The summed E-state index contributed by atoms with van der Waals surface area (Å²) in [5, 5.41) is 16.7. The number of fused-ring (bicyclic) bond motifs is 1. The van der Waals surface area contributed by atoms with Gasteiger partial charge in [0, 0.05) is 19.9 Å². The molecule has 0 aromatic carbocycles. The Bertz CT molecular complexity index is 596. The number of hydrogen-bond donors (Lipinski definition) is 2. The van der Waals surface area contributed by atoms with Gasteiger partial charge in [-0.3, -0.25) is 4.79 Å². The van der Waals surface area contributed by atoms with E-state index in [4.69, 9.17) is 9.26 Å². The van der Waals surface area contributed by atoms with Crippen molar-refractivity contribution in [1.82, 2.24) is 15.5 Å². The first-order valence-electron chi connectivity index (χ1n) is 6.29. The quantitative estimate of drug-likeness (QED) is 0.806. The Balaban J connectivity index is 1.95. The maximum absolute atomic E-state index is 11.9. The number of aromatic nitrogens is 2. The molecule has 0 spiro atoms. The average molecular weight is 279 g/mol. The summed E-state index contributed by atoms with van der Waals surface area (Å²) in [7, 11) is 1.52. The van der Waals surface area contributed by atoms with Crippen molar-refractivity contribution in [2.75, 3.05) is 20.3 Å². The normalized spacial score (nSPS) is 12.6. The summed E-state index contributed by atoms with van der Waals surface area (Å²) in [6.07, 6.45) is 1.29. The van der Waals surface area contributed by atoms with E-state index in [0.717, 1.165) is 5.39 Å². The van der Waals surface area contributed by atoms with Crippen LogP contribution in [0.2, 0.25) is 0 Å². The topological polar surface area (TPSA) is 97.5 Å². The van der Waals surface area contributed by atoms with E-state index in [1.165, 1.54) is 13.3 Å². The predicted octanol–water partition coefficient (Wildman–Crippen LogP) is 0.658. The maximum Gasteiger partial charge on any atom is 0.257 e. The highest BCUT2D eigenvalue weighted by molar-refractivity contribution is 5.96. The summed E-state index contributed by atoms with van der Waals surface area (Å²) < 4.78 is 9.79. The summed E-state index contributed by atoms with van der Waals surface area (Å²) in [4.78, 5) is 16.0. The Hall–Kier alpha value is -1.99. The molecule has 0 aliphatic rings. The highest BCUT2D eigenvalue weighted by atomic mass is 16.5. The van der Waals surface area contributed by atoms with Crippen LogP contribution < -0.4 is 5.32 Å². The van der Waals surface area contributed by atoms with Crippen LogP contribution in [0.15, 0.2) is 16.8 Å². The SMILES string of the molecule is COCC(O)CCNC(=O)c1cnc2onc(C)c2c1. The Kier molecular flexibility index (Phi) is 4.65. The maximum atomic E-state index is 11.9. The van der Waals surface area contributed by atoms with Crippen molar-refractivity contribution in [2.45, 2.75) is 19.4 Å². The molecule has 2 aromatic heterocycles. The van der Waals surface area contributed by atoms with E-state index in [1.54, 1.807) is 13.0 Å². The summed E-state index contributed by atoms with van der Waals surface area (Å²) in [6.45, 7) is 2.41. The minimum absolute atomic E-state index is 0.246. The number of rotatable bonds is 6. The lowest BCUT2D eigenvalue weighted by molar-refractivity contribution is 0.0587. The summed E-state index contributed by atoms with van der Waals surface area (Å²) in [6, 6.07) is 1.69. The molecular formula is C13H17N3O4. The molecule has 2 N–H and O–H groups in total. The van der Waals surface area contributed by atoms with Crippen LogP contribution in [0.3, 0.4) is 0 Å². The van der Waals surface area contributed by atoms with Gasteiger partial charge in [0.25, 0.3) is 11.6 Å². The monoisotopic (exact) mass is 279 g/mol. The van der Waals surface area contributed by atoms with Crippen LogP contribution in [-0.2, 0) is 4.74 Å². The van der Waals surface area contributed by atoms with Crippen molar-refractivity contribution < 1.29 is 19.2 Å². The molecule has 1 amide bonds. The van der Waals surface area contributed by atoms with Crippen molar-refractivity contribution >= 4 is 17.0 Å². The molecule has 7 nitrogen and oxygen atoms in total. The standard InChI is InChI=1S/C13H17N3O4/c1-8-11-5-9(6-15-13(11)20-16-8)12(18)14-4-3-10(17)7-19-2/h5-6,10,17H,3-4,7H2,1-2H3,(H,14,18). The molecule has 0 radical (unpaired) electrons. The fraction of sp³-hybridized carbons (Fsp3) is 0.462. The Morgan fingerprint density at radius 3 is 3.15 bits per heavy atom. The molecule has 0 saturated carbocycles. The third-order valence-corrected chi connectivity index (χ3v) is 2.89. The lowest BCUT2D eigenvalue weighted by Crippen LogP contribution is -2.28.